The second-order valence-electron chi connectivity index (χ2n) is 3.88. The fraction of sp³-hybridized carbons (Fsp3) is 0.231. The molecule has 2 rings (SSSR count). The van der Waals surface area contributed by atoms with Gasteiger partial charge in [-0.3, -0.25) is 10.9 Å². The van der Waals surface area contributed by atoms with E-state index in [1.165, 1.54) is 6.07 Å². The summed E-state index contributed by atoms with van der Waals surface area (Å²) >= 11 is 0. The monoisotopic (exact) mass is 236 g/mol. The van der Waals surface area contributed by atoms with Crippen LogP contribution < -0.4 is 10.9 Å². The molecule has 0 heterocycles. The Morgan fingerprint density at radius 3 is 2.76 bits per heavy atom. The summed E-state index contributed by atoms with van der Waals surface area (Å²) in [5.74, 6) is -0.825. The lowest BCUT2D eigenvalue weighted by Crippen LogP contribution is -2.37. The number of hydrogen-bond donors (Lipinski definition) is 2. The maximum Gasteiger partial charge on any atom is 0.131 e. The lowest BCUT2D eigenvalue weighted by Gasteiger charge is -2.17. The first-order chi connectivity index (χ1) is 8.20. The fourth-order valence-corrected chi connectivity index (χ4v) is 1.83. The van der Waals surface area contributed by atoms with Crippen LogP contribution in [0.15, 0.2) is 36.4 Å². The largest absolute Gasteiger partial charge is 0.260 e. The molecule has 2 N–H and O–H groups in total. The molecule has 17 heavy (non-hydrogen) atoms. The van der Waals surface area contributed by atoms with E-state index in [0.29, 0.717) is 5.56 Å². The van der Waals surface area contributed by atoms with Crippen LogP contribution in [0.3, 0.4) is 0 Å². The quantitative estimate of drug-likeness (QED) is 0.787. The molecule has 1 aromatic rings. The Bertz CT molecular complexity index is 466. The summed E-state index contributed by atoms with van der Waals surface area (Å²) in [5, 5.41) is 0. The molecule has 0 saturated heterocycles. The zero-order valence-electron chi connectivity index (χ0n) is 9.50. The van der Waals surface area contributed by atoms with Crippen LogP contribution in [-0.2, 0) is 0 Å². The maximum atomic E-state index is 13.5. The molecule has 0 aromatic heterocycles. The highest BCUT2D eigenvalue weighted by molar-refractivity contribution is 5.75. The molecular weight excluding hydrogens is 222 g/mol. The highest BCUT2D eigenvalue weighted by atomic mass is 19.1. The number of allylic oxidation sites excluding steroid dienone is 2. The minimum Gasteiger partial charge on any atom is -0.260 e. The topological polar surface area (TPSA) is 24.1 Å². The van der Waals surface area contributed by atoms with Gasteiger partial charge in [-0.05, 0) is 37.2 Å². The highest BCUT2D eigenvalue weighted by Crippen LogP contribution is 2.24. The predicted molar refractivity (Wildman–Crippen MR) is 64.1 cm³/mol. The van der Waals surface area contributed by atoms with Crippen LogP contribution >= 0.6 is 0 Å². The Balaban J connectivity index is 2.20. The molecule has 1 atom stereocenters. The zero-order valence-corrected chi connectivity index (χ0v) is 9.50. The van der Waals surface area contributed by atoms with E-state index < -0.39 is 11.6 Å². The Morgan fingerprint density at radius 1 is 1.29 bits per heavy atom. The third-order valence-electron chi connectivity index (χ3n) is 2.67. The SMILES string of the molecule is CNNC1C=CC(c2cc(F)ccc2F)=CC1. The first kappa shape index (κ1) is 12.0. The molecule has 0 spiro atoms. The first-order valence-corrected chi connectivity index (χ1v) is 5.47. The van der Waals surface area contributed by atoms with Crippen molar-refractivity contribution in [2.24, 2.45) is 0 Å². The molecule has 0 aliphatic heterocycles. The van der Waals surface area contributed by atoms with E-state index in [0.717, 1.165) is 24.1 Å². The first-order valence-electron chi connectivity index (χ1n) is 5.47. The minimum absolute atomic E-state index is 0.181. The van der Waals surface area contributed by atoms with Crippen molar-refractivity contribution < 1.29 is 8.78 Å². The van der Waals surface area contributed by atoms with E-state index in [1.54, 1.807) is 13.1 Å². The van der Waals surface area contributed by atoms with E-state index in [4.69, 9.17) is 0 Å². The third-order valence-corrected chi connectivity index (χ3v) is 2.67. The Labute approximate surface area is 99.0 Å². The lowest BCUT2D eigenvalue weighted by atomic mass is 9.97. The molecular formula is C13H14F2N2. The van der Waals surface area contributed by atoms with E-state index in [2.05, 4.69) is 10.9 Å². The summed E-state index contributed by atoms with van der Waals surface area (Å²) in [6.07, 6.45) is 6.36. The average molecular weight is 236 g/mol. The molecule has 0 bridgehead atoms. The Kier molecular flexibility index (Phi) is 3.66. The minimum atomic E-state index is -0.425. The summed E-state index contributed by atoms with van der Waals surface area (Å²) in [7, 11) is 1.79. The zero-order chi connectivity index (χ0) is 12.3. The van der Waals surface area contributed by atoms with Crippen molar-refractivity contribution >= 4 is 5.57 Å². The molecule has 0 saturated carbocycles. The van der Waals surface area contributed by atoms with Crippen LogP contribution in [0.25, 0.3) is 5.57 Å². The van der Waals surface area contributed by atoms with Gasteiger partial charge in [-0.25, -0.2) is 8.78 Å². The number of benzene rings is 1. The van der Waals surface area contributed by atoms with Gasteiger partial charge in [0.25, 0.3) is 0 Å². The molecule has 0 amide bonds. The second kappa shape index (κ2) is 5.21. The summed E-state index contributed by atoms with van der Waals surface area (Å²) < 4.78 is 26.6. The summed E-state index contributed by atoms with van der Waals surface area (Å²) in [6, 6.07) is 3.67. The van der Waals surface area contributed by atoms with Crippen molar-refractivity contribution in [3.63, 3.8) is 0 Å². The van der Waals surface area contributed by atoms with Gasteiger partial charge in [-0.15, -0.1) is 0 Å². The number of halogens is 2. The van der Waals surface area contributed by atoms with Crippen LogP contribution in [0.4, 0.5) is 8.78 Å². The molecule has 1 unspecified atom stereocenters. The molecule has 90 valence electrons. The van der Waals surface area contributed by atoms with Crippen molar-refractivity contribution in [2.75, 3.05) is 7.05 Å². The Hall–Kier alpha value is -1.52. The normalized spacial score (nSPS) is 19.2. The Morgan fingerprint density at radius 2 is 2.12 bits per heavy atom. The number of hydrazine groups is 1. The molecule has 4 heteroatoms. The van der Waals surface area contributed by atoms with Gasteiger partial charge in [0.05, 0.1) is 0 Å². The molecule has 0 fully saturated rings. The number of hydrogen-bond acceptors (Lipinski definition) is 2. The van der Waals surface area contributed by atoms with Gasteiger partial charge in [0.15, 0.2) is 0 Å². The second-order valence-corrected chi connectivity index (χ2v) is 3.88. The van der Waals surface area contributed by atoms with Gasteiger partial charge in [0.1, 0.15) is 11.6 Å². The van der Waals surface area contributed by atoms with Crippen LogP contribution in [-0.4, -0.2) is 13.1 Å². The van der Waals surface area contributed by atoms with E-state index in [1.807, 2.05) is 12.2 Å². The highest BCUT2D eigenvalue weighted by Gasteiger charge is 2.12. The van der Waals surface area contributed by atoms with Crippen LogP contribution in [0, 0.1) is 11.6 Å². The van der Waals surface area contributed by atoms with Crippen molar-refractivity contribution in [1.82, 2.24) is 10.9 Å². The standard InChI is InChI=1S/C13H14F2N2/c1-16-17-11-5-2-9(3-6-11)12-8-10(14)4-7-13(12)15/h2-5,7-8,11,16-17H,6H2,1H3. The van der Waals surface area contributed by atoms with Gasteiger partial charge in [0.2, 0.25) is 0 Å². The van der Waals surface area contributed by atoms with Crippen LogP contribution in [0.1, 0.15) is 12.0 Å². The fourth-order valence-electron chi connectivity index (χ4n) is 1.83. The van der Waals surface area contributed by atoms with Crippen molar-refractivity contribution in [3.05, 3.63) is 53.6 Å². The predicted octanol–water partition coefficient (Wildman–Crippen LogP) is 2.40. The van der Waals surface area contributed by atoms with Crippen LogP contribution in [0.2, 0.25) is 0 Å². The van der Waals surface area contributed by atoms with E-state index >= 15 is 0 Å². The average Bonchev–Trinajstić information content (AvgIpc) is 2.34. The molecule has 1 aromatic carbocycles. The van der Waals surface area contributed by atoms with Gasteiger partial charge < -0.3 is 0 Å². The molecule has 1 aliphatic carbocycles. The molecule has 1 aliphatic rings. The van der Waals surface area contributed by atoms with Gasteiger partial charge in [-0.1, -0.05) is 18.2 Å². The molecule has 0 radical (unpaired) electrons. The van der Waals surface area contributed by atoms with Crippen molar-refractivity contribution in [3.8, 4) is 0 Å². The summed E-state index contributed by atoms with van der Waals surface area (Å²) in [5.41, 5.74) is 6.91. The maximum absolute atomic E-state index is 13.5. The lowest BCUT2D eigenvalue weighted by molar-refractivity contribution is 0.525. The number of nitrogens with one attached hydrogen (secondary N) is 2. The van der Waals surface area contributed by atoms with E-state index in [-0.39, 0.29) is 6.04 Å². The van der Waals surface area contributed by atoms with Gasteiger partial charge >= 0.3 is 0 Å². The van der Waals surface area contributed by atoms with Crippen molar-refractivity contribution in [1.29, 1.82) is 0 Å². The number of rotatable bonds is 3. The summed E-state index contributed by atoms with van der Waals surface area (Å²) in [4.78, 5) is 0. The summed E-state index contributed by atoms with van der Waals surface area (Å²) in [6.45, 7) is 0. The van der Waals surface area contributed by atoms with Gasteiger partial charge in [0, 0.05) is 11.6 Å². The third kappa shape index (κ3) is 2.78. The van der Waals surface area contributed by atoms with Crippen molar-refractivity contribution in [2.45, 2.75) is 12.5 Å². The van der Waals surface area contributed by atoms with Gasteiger partial charge in [-0.2, -0.15) is 0 Å². The smallest absolute Gasteiger partial charge is 0.131 e. The van der Waals surface area contributed by atoms with E-state index in [9.17, 15) is 8.78 Å². The van der Waals surface area contributed by atoms with Crippen LogP contribution in [0.5, 0.6) is 0 Å². The molecule has 2 nitrogen and oxygen atoms in total.